The van der Waals surface area contributed by atoms with Gasteiger partial charge in [0, 0.05) is 24.2 Å². The van der Waals surface area contributed by atoms with Crippen LogP contribution in [0, 0.1) is 17.8 Å². The Labute approximate surface area is 85.8 Å². The molecule has 0 amide bonds. The Morgan fingerprint density at radius 2 is 1.64 bits per heavy atom. The second-order valence-electron chi connectivity index (χ2n) is 3.91. The molecule has 0 aliphatic heterocycles. The molecule has 0 fully saturated rings. The van der Waals surface area contributed by atoms with Gasteiger partial charge in [-0.1, -0.05) is 39.5 Å². The number of aromatic nitrogens is 2. The van der Waals surface area contributed by atoms with Gasteiger partial charge in [0.05, 0.1) is 5.56 Å². The predicted octanol–water partition coefficient (Wildman–Crippen LogP) is 2.61. The minimum absolute atomic E-state index is 0.377. The van der Waals surface area contributed by atoms with Gasteiger partial charge in [0.15, 0.2) is 0 Å². The molecule has 74 valence electrons. The van der Waals surface area contributed by atoms with Crippen molar-refractivity contribution in [2.45, 2.75) is 33.6 Å². The van der Waals surface area contributed by atoms with E-state index in [2.05, 4.69) is 49.5 Å². The predicted molar refractivity (Wildman–Crippen MR) is 57.8 cm³/mol. The second-order valence-corrected chi connectivity index (χ2v) is 3.91. The van der Waals surface area contributed by atoms with E-state index in [4.69, 9.17) is 0 Å². The summed E-state index contributed by atoms with van der Waals surface area (Å²) < 4.78 is 0. The SMILES string of the molecule is CC(C)C#Cc1cnc(C(C)C)nc1. The van der Waals surface area contributed by atoms with Crippen LogP contribution >= 0.6 is 0 Å². The molecule has 1 rings (SSSR count). The van der Waals surface area contributed by atoms with Crippen LogP contribution in [0.2, 0.25) is 0 Å². The molecule has 0 atom stereocenters. The monoisotopic (exact) mass is 188 g/mol. The molecule has 0 saturated carbocycles. The highest BCUT2D eigenvalue weighted by Crippen LogP contribution is 2.07. The Kier molecular flexibility index (Phi) is 3.64. The van der Waals surface area contributed by atoms with E-state index in [1.54, 1.807) is 12.4 Å². The van der Waals surface area contributed by atoms with Gasteiger partial charge in [-0.15, -0.1) is 0 Å². The van der Waals surface area contributed by atoms with Crippen LogP contribution in [-0.2, 0) is 0 Å². The van der Waals surface area contributed by atoms with Gasteiger partial charge in [-0.2, -0.15) is 0 Å². The van der Waals surface area contributed by atoms with Crippen molar-refractivity contribution in [3.8, 4) is 11.8 Å². The summed E-state index contributed by atoms with van der Waals surface area (Å²) in [5.74, 6) is 7.76. The van der Waals surface area contributed by atoms with Crippen molar-refractivity contribution in [3.05, 3.63) is 23.8 Å². The van der Waals surface area contributed by atoms with Crippen molar-refractivity contribution < 1.29 is 0 Å². The lowest BCUT2D eigenvalue weighted by atomic mass is 10.2. The number of hydrogen-bond donors (Lipinski definition) is 0. The molecule has 1 aromatic heterocycles. The molecule has 0 aliphatic carbocycles. The molecule has 0 saturated heterocycles. The second kappa shape index (κ2) is 4.76. The summed E-state index contributed by atoms with van der Waals surface area (Å²) in [5, 5.41) is 0. The fourth-order valence-electron chi connectivity index (χ4n) is 0.928. The molecule has 1 heterocycles. The van der Waals surface area contributed by atoms with Crippen LogP contribution in [0.5, 0.6) is 0 Å². The summed E-state index contributed by atoms with van der Waals surface area (Å²) in [5.41, 5.74) is 0.892. The molecule has 0 radical (unpaired) electrons. The normalized spacial score (nSPS) is 10.1. The molecule has 0 aromatic carbocycles. The van der Waals surface area contributed by atoms with Crippen LogP contribution in [-0.4, -0.2) is 9.97 Å². The van der Waals surface area contributed by atoms with Gasteiger partial charge in [0.2, 0.25) is 0 Å². The lowest BCUT2D eigenvalue weighted by Crippen LogP contribution is -1.96. The summed E-state index contributed by atoms with van der Waals surface area (Å²) >= 11 is 0. The molecule has 1 aromatic rings. The van der Waals surface area contributed by atoms with Crippen molar-refractivity contribution in [1.82, 2.24) is 9.97 Å². The lowest BCUT2D eigenvalue weighted by molar-refractivity contribution is 0.773. The van der Waals surface area contributed by atoms with Crippen LogP contribution in [0.4, 0.5) is 0 Å². The van der Waals surface area contributed by atoms with Gasteiger partial charge in [-0.3, -0.25) is 0 Å². The molecule has 0 unspecified atom stereocenters. The highest BCUT2D eigenvalue weighted by atomic mass is 14.9. The molecule has 0 N–H and O–H groups in total. The minimum atomic E-state index is 0.377. The zero-order chi connectivity index (χ0) is 10.6. The third kappa shape index (κ3) is 3.18. The molecular weight excluding hydrogens is 172 g/mol. The van der Waals surface area contributed by atoms with Crippen LogP contribution in [0.3, 0.4) is 0 Å². The molecule has 0 aliphatic rings. The number of nitrogens with zero attached hydrogens (tertiary/aromatic N) is 2. The maximum atomic E-state index is 4.24. The van der Waals surface area contributed by atoms with Crippen molar-refractivity contribution >= 4 is 0 Å². The molecular formula is C12H16N2. The highest BCUT2D eigenvalue weighted by molar-refractivity contribution is 5.30. The lowest BCUT2D eigenvalue weighted by Gasteiger charge is -2.01. The third-order valence-corrected chi connectivity index (χ3v) is 1.69. The first-order valence-electron chi connectivity index (χ1n) is 4.93. The van der Waals surface area contributed by atoms with Crippen molar-refractivity contribution in [2.24, 2.45) is 5.92 Å². The molecule has 0 bridgehead atoms. The number of rotatable bonds is 1. The highest BCUT2D eigenvalue weighted by Gasteiger charge is 2.00. The van der Waals surface area contributed by atoms with Crippen LogP contribution in [0.15, 0.2) is 12.4 Å². The van der Waals surface area contributed by atoms with Crippen molar-refractivity contribution in [1.29, 1.82) is 0 Å². The average Bonchev–Trinajstić information content (AvgIpc) is 2.15. The fraction of sp³-hybridized carbons (Fsp3) is 0.500. The van der Waals surface area contributed by atoms with E-state index in [0.717, 1.165) is 11.4 Å². The topological polar surface area (TPSA) is 25.8 Å². The quantitative estimate of drug-likeness (QED) is 0.633. The third-order valence-electron chi connectivity index (χ3n) is 1.69. The van der Waals surface area contributed by atoms with E-state index in [9.17, 15) is 0 Å². The summed E-state index contributed by atoms with van der Waals surface area (Å²) in [7, 11) is 0. The number of hydrogen-bond acceptors (Lipinski definition) is 2. The van der Waals surface area contributed by atoms with E-state index >= 15 is 0 Å². The summed E-state index contributed by atoms with van der Waals surface area (Å²) in [4.78, 5) is 8.49. The average molecular weight is 188 g/mol. The van der Waals surface area contributed by atoms with E-state index in [0.29, 0.717) is 11.8 Å². The Morgan fingerprint density at radius 3 is 2.07 bits per heavy atom. The maximum Gasteiger partial charge on any atom is 0.130 e. The molecule has 2 heteroatoms. The Hall–Kier alpha value is -1.36. The smallest absolute Gasteiger partial charge is 0.130 e. The first-order valence-corrected chi connectivity index (χ1v) is 4.93. The van der Waals surface area contributed by atoms with E-state index in [1.807, 2.05) is 0 Å². The van der Waals surface area contributed by atoms with E-state index < -0.39 is 0 Å². The standard InChI is InChI=1S/C12H16N2/c1-9(2)5-6-11-7-13-12(10(3)4)14-8-11/h7-10H,1-4H3. The van der Waals surface area contributed by atoms with Gasteiger partial charge >= 0.3 is 0 Å². The maximum absolute atomic E-state index is 4.24. The van der Waals surface area contributed by atoms with Crippen LogP contribution in [0.25, 0.3) is 0 Å². The van der Waals surface area contributed by atoms with Crippen molar-refractivity contribution in [3.63, 3.8) is 0 Å². The van der Waals surface area contributed by atoms with Gasteiger partial charge < -0.3 is 0 Å². The molecule has 0 spiro atoms. The van der Waals surface area contributed by atoms with E-state index in [1.165, 1.54) is 0 Å². The molecule has 14 heavy (non-hydrogen) atoms. The van der Waals surface area contributed by atoms with Crippen molar-refractivity contribution in [2.75, 3.05) is 0 Å². The first-order chi connectivity index (χ1) is 6.59. The zero-order valence-electron chi connectivity index (χ0n) is 9.20. The minimum Gasteiger partial charge on any atom is -0.240 e. The molecule has 2 nitrogen and oxygen atoms in total. The first kappa shape index (κ1) is 10.7. The van der Waals surface area contributed by atoms with Gasteiger partial charge in [0.1, 0.15) is 5.82 Å². The van der Waals surface area contributed by atoms with Gasteiger partial charge in [-0.05, 0) is 0 Å². The van der Waals surface area contributed by atoms with E-state index in [-0.39, 0.29) is 0 Å². The summed E-state index contributed by atoms with van der Waals surface area (Å²) in [6.45, 7) is 8.29. The summed E-state index contributed by atoms with van der Waals surface area (Å²) in [6, 6.07) is 0. The van der Waals surface area contributed by atoms with Gasteiger partial charge in [0.25, 0.3) is 0 Å². The van der Waals surface area contributed by atoms with Crippen LogP contribution in [0.1, 0.15) is 45.0 Å². The Bertz CT molecular complexity index is 339. The fourth-order valence-corrected chi connectivity index (χ4v) is 0.928. The largest absolute Gasteiger partial charge is 0.240 e. The zero-order valence-corrected chi connectivity index (χ0v) is 9.20. The Morgan fingerprint density at radius 1 is 1.07 bits per heavy atom. The van der Waals surface area contributed by atoms with Crippen LogP contribution < -0.4 is 0 Å². The summed E-state index contributed by atoms with van der Waals surface area (Å²) in [6.07, 6.45) is 3.58. The Balaban J connectivity index is 2.80. The van der Waals surface area contributed by atoms with Gasteiger partial charge in [-0.25, -0.2) is 9.97 Å².